The van der Waals surface area contributed by atoms with Gasteiger partial charge in [-0.2, -0.15) is 13.2 Å². The molecule has 1 fully saturated rings. The van der Waals surface area contributed by atoms with E-state index in [1.54, 1.807) is 5.32 Å². The van der Waals surface area contributed by atoms with E-state index in [-0.39, 0.29) is 22.4 Å². The molecule has 2 unspecified atom stereocenters. The zero-order valence-corrected chi connectivity index (χ0v) is 14.4. The molecule has 3 N–H and O–H groups in total. The number of piperidine rings is 1. The zero-order valence-electron chi connectivity index (χ0n) is 13.6. The average molecular weight is 379 g/mol. The number of amides is 1. The van der Waals surface area contributed by atoms with Crippen molar-refractivity contribution in [2.45, 2.75) is 30.5 Å². The molecule has 0 saturated carbocycles. The van der Waals surface area contributed by atoms with Crippen molar-refractivity contribution in [3.63, 3.8) is 0 Å². The molecule has 1 aliphatic rings. The molecule has 0 aliphatic carbocycles. The fraction of sp³-hybridized carbons (Fsp3) is 0.533. The maximum atomic E-state index is 12.5. The molecule has 0 bridgehead atoms. The predicted octanol–water partition coefficient (Wildman–Crippen LogP) is 1.25. The Morgan fingerprint density at radius 2 is 2.08 bits per heavy atom. The fourth-order valence-electron chi connectivity index (χ4n) is 2.50. The standard InChI is InChI=1S/C15H20F3N3O3S/c1-10-5-6-19-8-13(10)21-25(23,24)12-4-2-3-11(7-12)14(22)20-9-15(16,17)18/h2-4,7,10,13,19,21H,5-6,8-9H2,1H3,(H,20,22). The summed E-state index contributed by atoms with van der Waals surface area (Å²) in [5.41, 5.74) is -0.151. The minimum Gasteiger partial charge on any atom is -0.343 e. The molecule has 1 saturated heterocycles. The maximum absolute atomic E-state index is 12.5. The number of hydrogen-bond donors (Lipinski definition) is 3. The van der Waals surface area contributed by atoms with E-state index in [4.69, 9.17) is 0 Å². The first-order valence-electron chi connectivity index (χ1n) is 7.76. The van der Waals surface area contributed by atoms with Crippen LogP contribution in [0.25, 0.3) is 0 Å². The Balaban J connectivity index is 2.12. The summed E-state index contributed by atoms with van der Waals surface area (Å²) in [6, 6.07) is 4.65. The third-order valence-corrected chi connectivity index (χ3v) is 5.48. The van der Waals surface area contributed by atoms with Gasteiger partial charge in [0.2, 0.25) is 10.0 Å². The molecule has 1 amide bonds. The first-order chi connectivity index (χ1) is 11.6. The van der Waals surface area contributed by atoms with E-state index in [1.807, 2.05) is 6.92 Å². The minimum atomic E-state index is -4.54. The lowest BCUT2D eigenvalue weighted by Gasteiger charge is -2.30. The van der Waals surface area contributed by atoms with Gasteiger partial charge in [-0.1, -0.05) is 13.0 Å². The third kappa shape index (κ3) is 5.68. The summed E-state index contributed by atoms with van der Waals surface area (Å²) in [6.07, 6.45) is -3.71. The molecule has 1 heterocycles. The molecule has 0 spiro atoms. The van der Waals surface area contributed by atoms with E-state index < -0.39 is 28.7 Å². The monoisotopic (exact) mass is 379 g/mol. The van der Waals surface area contributed by atoms with Gasteiger partial charge in [0, 0.05) is 18.2 Å². The van der Waals surface area contributed by atoms with Gasteiger partial charge in [-0.25, -0.2) is 13.1 Å². The molecular weight excluding hydrogens is 359 g/mol. The number of sulfonamides is 1. The lowest BCUT2D eigenvalue weighted by atomic mass is 9.96. The van der Waals surface area contributed by atoms with Crippen LogP contribution in [0.4, 0.5) is 13.2 Å². The normalized spacial score (nSPS) is 21.8. The fourth-order valence-corrected chi connectivity index (χ4v) is 3.89. The lowest BCUT2D eigenvalue weighted by Crippen LogP contribution is -2.50. The smallest absolute Gasteiger partial charge is 0.343 e. The van der Waals surface area contributed by atoms with Crippen LogP contribution >= 0.6 is 0 Å². The van der Waals surface area contributed by atoms with E-state index >= 15 is 0 Å². The zero-order chi connectivity index (χ0) is 18.7. The molecule has 10 heteroatoms. The summed E-state index contributed by atoms with van der Waals surface area (Å²) in [7, 11) is -3.88. The van der Waals surface area contributed by atoms with Crippen molar-refractivity contribution in [3.8, 4) is 0 Å². The highest BCUT2D eigenvalue weighted by Crippen LogP contribution is 2.17. The van der Waals surface area contributed by atoms with E-state index in [9.17, 15) is 26.4 Å². The molecule has 0 radical (unpaired) electrons. The number of halogens is 3. The van der Waals surface area contributed by atoms with Gasteiger partial charge in [0.1, 0.15) is 6.54 Å². The average Bonchev–Trinajstić information content (AvgIpc) is 2.54. The van der Waals surface area contributed by atoms with Gasteiger partial charge in [-0.3, -0.25) is 4.79 Å². The van der Waals surface area contributed by atoms with Crippen LogP contribution in [-0.4, -0.2) is 46.2 Å². The Hall–Kier alpha value is -1.65. The van der Waals surface area contributed by atoms with Crippen molar-refractivity contribution in [3.05, 3.63) is 29.8 Å². The van der Waals surface area contributed by atoms with Crippen molar-refractivity contribution < 1.29 is 26.4 Å². The van der Waals surface area contributed by atoms with Crippen LogP contribution in [-0.2, 0) is 10.0 Å². The quantitative estimate of drug-likeness (QED) is 0.719. The highest BCUT2D eigenvalue weighted by atomic mass is 32.2. The summed E-state index contributed by atoms with van der Waals surface area (Å²) in [6.45, 7) is 1.77. The summed E-state index contributed by atoms with van der Waals surface area (Å²) >= 11 is 0. The second-order valence-corrected chi connectivity index (χ2v) is 7.74. The van der Waals surface area contributed by atoms with Crippen molar-refractivity contribution in [1.29, 1.82) is 0 Å². The van der Waals surface area contributed by atoms with Gasteiger partial charge < -0.3 is 10.6 Å². The number of alkyl halides is 3. The predicted molar refractivity (Wildman–Crippen MR) is 85.6 cm³/mol. The van der Waals surface area contributed by atoms with Crippen molar-refractivity contribution >= 4 is 15.9 Å². The summed E-state index contributed by atoms with van der Waals surface area (Å²) < 4.78 is 64.1. The van der Waals surface area contributed by atoms with Crippen LogP contribution in [0.1, 0.15) is 23.7 Å². The van der Waals surface area contributed by atoms with Gasteiger partial charge in [0.15, 0.2) is 0 Å². The van der Waals surface area contributed by atoms with Crippen molar-refractivity contribution in [2.75, 3.05) is 19.6 Å². The van der Waals surface area contributed by atoms with Crippen molar-refractivity contribution in [2.24, 2.45) is 5.92 Å². The Morgan fingerprint density at radius 1 is 1.36 bits per heavy atom. The largest absolute Gasteiger partial charge is 0.405 e. The van der Waals surface area contributed by atoms with Crippen LogP contribution in [0.5, 0.6) is 0 Å². The molecule has 1 aromatic rings. The molecule has 25 heavy (non-hydrogen) atoms. The van der Waals surface area contributed by atoms with Crippen LogP contribution < -0.4 is 15.4 Å². The second-order valence-electron chi connectivity index (χ2n) is 6.02. The van der Waals surface area contributed by atoms with Gasteiger partial charge >= 0.3 is 6.18 Å². The van der Waals surface area contributed by atoms with E-state index in [2.05, 4.69) is 10.0 Å². The number of benzene rings is 1. The third-order valence-electron chi connectivity index (χ3n) is 3.99. The van der Waals surface area contributed by atoms with Crippen LogP contribution in [0.3, 0.4) is 0 Å². The van der Waals surface area contributed by atoms with Gasteiger partial charge in [-0.15, -0.1) is 0 Å². The molecule has 2 rings (SSSR count). The lowest BCUT2D eigenvalue weighted by molar-refractivity contribution is -0.123. The highest BCUT2D eigenvalue weighted by molar-refractivity contribution is 7.89. The molecule has 1 aliphatic heterocycles. The Morgan fingerprint density at radius 3 is 2.72 bits per heavy atom. The van der Waals surface area contributed by atoms with E-state index in [0.717, 1.165) is 19.0 Å². The number of rotatable bonds is 5. The molecule has 140 valence electrons. The SMILES string of the molecule is CC1CCNCC1NS(=O)(=O)c1cccc(C(=O)NCC(F)(F)F)c1. The first kappa shape index (κ1) is 19.7. The van der Waals surface area contributed by atoms with Crippen LogP contribution in [0.2, 0.25) is 0 Å². The van der Waals surface area contributed by atoms with E-state index in [1.165, 1.54) is 18.2 Å². The number of carbonyl (C=O) groups is 1. The summed E-state index contributed by atoms with van der Waals surface area (Å²) in [5.74, 6) is -0.837. The van der Waals surface area contributed by atoms with Gasteiger partial charge in [0.05, 0.1) is 4.90 Å². The van der Waals surface area contributed by atoms with Crippen molar-refractivity contribution in [1.82, 2.24) is 15.4 Å². The highest BCUT2D eigenvalue weighted by Gasteiger charge is 2.29. The number of nitrogens with one attached hydrogen (secondary N) is 3. The van der Waals surface area contributed by atoms with Gasteiger partial charge in [-0.05, 0) is 37.1 Å². The Labute approximate surface area is 144 Å². The molecule has 0 aromatic heterocycles. The van der Waals surface area contributed by atoms with Crippen LogP contribution in [0.15, 0.2) is 29.2 Å². The van der Waals surface area contributed by atoms with Gasteiger partial charge in [0.25, 0.3) is 5.91 Å². The molecule has 6 nitrogen and oxygen atoms in total. The molecular formula is C15H20F3N3O3S. The number of hydrogen-bond acceptors (Lipinski definition) is 4. The van der Waals surface area contributed by atoms with E-state index in [0.29, 0.717) is 6.54 Å². The van der Waals surface area contributed by atoms with Crippen LogP contribution in [0, 0.1) is 5.92 Å². The topological polar surface area (TPSA) is 87.3 Å². The Bertz CT molecular complexity index is 722. The number of carbonyl (C=O) groups excluding carboxylic acids is 1. The minimum absolute atomic E-state index is 0.147. The second kappa shape index (κ2) is 7.71. The molecule has 1 aromatic carbocycles. The maximum Gasteiger partial charge on any atom is 0.405 e. The summed E-state index contributed by atoms with van der Waals surface area (Å²) in [5, 5.41) is 4.82. The first-order valence-corrected chi connectivity index (χ1v) is 9.25. The summed E-state index contributed by atoms with van der Waals surface area (Å²) in [4.78, 5) is 11.6. The molecule has 2 atom stereocenters. The Kier molecular flexibility index (Phi) is 6.07.